The molecule has 21 heavy (non-hydrogen) atoms. The molecule has 1 atom stereocenters. The van der Waals surface area contributed by atoms with Gasteiger partial charge in [-0.1, -0.05) is 12.1 Å². The third-order valence-electron chi connectivity index (χ3n) is 3.31. The standard InChI is InChI=1S/C15H29N3O3/c1-5-6-16-10-14-9-15(21-17-14)11-18(7-8-19-3)13(2)12-20-4/h9,13,16H,5-8,10-12H2,1-4H3. The molecule has 1 aromatic heterocycles. The normalized spacial score (nSPS) is 13.0. The van der Waals surface area contributed by atoms with Gasteiger partial charge in [-0.3, -0.25) is 4.90 Å². The van der Waals surface area contributed by atoms with E-state index in [2.05, 4.69) is 29.2 Å². The van der Waals surface area contributed by atoms with Crippen LogP contribution in [0.5, 0.6) is 0 Å². The Morgan fingerprint density at radius 2 is 2.19 bits per heavy atom. The summed E-state index contributed by atoms with van der Waals surface area (Å²) in [5.74, 6) is 0.877. The minimum atomic E-state index is 0.303. The highest BCUT2D eigenvalue weighted by molar-refractivity contribution is 5.05. The lowest BCUT2D eigenvalue weighted by Gasteiger charge is -2.27. The number of hydrogen-bond donors (Lipinski definition) is 1. The second-order valence-corrected chi connectivity index (χ2v) is 5.23. The van der Waals surface area contributed by atoms with Crippen molar-refractivity contribution in [2.24, 2.45) is 0 Å². The van der Waals surface area contributed by atoms with Gasteiger partial charge in [0.2, 0.25) is 0 Å². The molecule has 1 heterocycles. The van der Waals surface area contributed by atoms with Crippen LogP contribution in [0.2, 0.25) is 0 Å². The second kappa shape index (κ2) is 10.7. The summed E-state index contributed by atoms with van der Waals surface area (Å²) in [7, 11) is 3.43. The van der Waals surface area contributed by atoms with Crippen LogP contribution in [0.1, 0.15) is 31.7 Å². The van der Waals surface area contributed by atoms with E-state index in [9.17, 15) is 0 Å². The molecule has 0 radical (unpaired) electrons. The summed E-state index contributed by atoms with van der Waals surface area (Å²) in [4.78, 5) is 2.27. The molecule has 0 spiro atoms. The number of ether oxygens (including phenoxy) is 2. The van der Waals surface area contributed by atoms with E-state index in [1.54, 1.807) is 14.2 Å². The van der Waals surface area contributed by atoms with Crippen molar-refractivity contribution in [3.8, 4) is 0 Å². The summed E-state index contributed by atoms with van der Waals surface area (Å²) in [6.45, 7) is 8.96. The first-order valence-corrected chi connectivity index (χ1v) is 7.58. The zero-order valence-corrected chi connectivity index (χ0v) is 13.7. The smallest absolute Gasteiger partial charge is 0.151 e. The Bertz CT molecular complexity index is 371. The molecule has 0 aliphatic carbocycles. The van der Waals surface area contributed by atoms with Crippen LogP contribution >= 0.6 is 0 Å². The number of nitrogens with zero attached hydrogens (tertiary/aromatic N) is 2. The van der Waals surface area contributed by atoms with Gasteiger partial charge in [-0.15, -0.1) is 0 Å². The summed E-state index contributed by atoms with van der Waals surface area (Å²) in [6, 6.07) is 2.32. The van der Waals surface area contributed by atoms with E-state index in [0.29, 0.717) is 25.8 Å². The lowest BCUT2D eigenvalue weighted by molar-refractivity contribution is 0.0650. The van der Waals surface area contributed by atoms with Gasteiger partial charge in [0.15, 0.2) is 5.76 Å². The van der Waals surface area contributed by atoms with E-state index < -0.39 is 0 Å². The van der Waals surface area contributed by atoms with Crippen LogP contribution in [0.25, 0.3) is 0 Å². The molecule has 0 amide bonds. The van der Waals surface area contributed by atoms with E-state index in [0.717, 1.165) is 37.5 Å². The Kier molecular flexibility index (Phi) is 9.25. The predicted octanol–water partition coefficient (Wildman–Crippen LogP) is 1.66. The van der Waals surface area contributed by atoms with Crippen LogP contribution in [0, 0.1) is 0 Å². The lowest BCUT2D eigenvalue weighted by Crippen LogP contribution is -2.37. The van der Waals surface area contributed by atoms with Crippen LogP contribution in [0.4, 0.5) is 0 Å². The SMILES string of the molecule is CCCNCc1cc(CN(CCOC)C(C)COC)on1. The highest BCUT2D eigenvalue weighted by atomic mass is 16.5. The third kappa shape index (κ3) is 7.04. The zero-order valence-electron chi connectivity index (χ0n) is 13.7. The fourth-order valence-electron chi connectivity index (χ4n) is 2.12. The van der Waals surface area contributed by atoms with Gasteiger partial charge >= 0.3 is 0 Å². The van der Waals surface area contributed by atoms with E-state index in [1.165, 1.54) is 0 Å². The summed E-state index contributed by atoms with van der Waals surface area (Å²) in [6.07, 6.45) is 1.12. The van der Waals surface area contributed by atoms with Crippen LogP contribution in [0.15, 0.2) is 10.6 Å². The van der Waals surface area contributed by atoms with Crippen molar-refractivity contribution in [3.05, 3.63) is 17.5 Å². The Balaban J connectivity index is 2.52. The molecule has 0 aromatic carbocycles. The van der Waals surface area contributed by atoms with Crippen molar-refractivity contribution in [2.45, 2.75) is 39.4 Å². The zero-order chi connectivity index (χ0) is 15.5. The maximum atomic E-state index is 5.42. The molecule has 0 saturated heterocycles. The van der Waals surface area contributed by atoms with Crippen LogP contribution < -0.4 is 5.32 Å². The average molecular weight is 299 g/mol. The Hall–Kier alpha value is -0.950. The fraction of sp³-hybridized carbons (Fsp3) is 0.800. The van der Waals surface area contributed by atoms with Gasteiger partial charge in [0.25, 0.3) is 0 Å². The van der Waals surface area contributed by atoms with E-state index >= 15 is 0 Å². The molecule has 122 valence electrons. The van der Waals surface area contributed by atoms with E-state index in [1.807, 2.05) is 6.07 Å². The Morgan fingerprint density at radius 1 is 1.38 bits per heavy atom. The number of nitrogens with one attached hydrogen (secondary N) is 1. The Labute approximate surface area is 127 Å². The number of aromatic nitrogens is 1. The number of rotatable bonds is 12. The summed E-state index contributed by atoms with van der Waals surface area (Å²) < 4.78 is 15.8. The molecule has 0 aliphatic rings. The van der Waals surface area contributed by atoms with Gasteiger partial charge in [0.1, 0.15) is 0 Å². The quantitative estimate of drug-likeness (QED) is 0.592. The minimum Gasteiger partial charge on any atom is -0.383 e. The lowest BCUT2D eigenvalue weighted by atomic mass is 10.2. The molecule has 1 unspecified atom stereocenters. The molecule has 6 nitrogen and oxygen atoms in total. The highest BCUT2D eigenvalue weighted by Gasteiger charge is 2.16. The maximum Gasteiger partial charge on any atom is 0.151 e. The van der Waals surface area contributed by atoms with Crippen LogP contribution in [-0.2, 0) is 22.6 Å². The molecular weight excluding hydrogens is 270 g/mol. The van der Waals surface area contributed by atoms with Gasteiger partial charge in [-0.05, 0) is 19.9 Å². The molecule has 0 aliphatic heterocycles. The summed E-state index contributed by atoms with van der Waals surface area (Å²) in [5, 5.41) is 7.42. The maximum absolute atomic E-state index is 5.42. The summed E-state index contributed by atoms with van der Waals surface area (Å²) >= 11 is 0. The largest absolute Gasteiger partial charge is 0.383 e. The number of hydrogen-bond acceptors (Lipinski definition) is 6. The van der Waals surface area contributed by atoms with E-state index in [4.69, 9.17) is 14.0 Å². The van der Waals surface area contributed by atoms with Gasteiger partial charge in [0, 0.05) is 39.4 Å². The molecule has 6 heteroatoms. The number of methoxy groups -OCH3 is 2. The second-order valence-electron chi connectivity index (χ2n) is 5.23. The topological polar surface area (TPSA) is 59.8 Å². The highest BCUT2D eigenvalue weighted by Crippen LogP contribution is 2.10. The van der Waals surface area contributed by atoms with Crippen molar-refractivity contribution < 1.29 is 14.0 Å². The average Bonchev–Trinajstić information content (AvgIpc) is 2.91. The monoisotopic (exact) mass is 299 g/mol. The molecule has 1 aromatic rings. The predicted molar refractivity (Wildman–Crippen MR) is 82.1 cm³/mol. The molecular formula is C15H29N3O3. The van der Waals surface area contributed by atoms with Crippen LogP contribution in [0.3, 0.4) is 0 Å². The van der Waals surface area contributed by atoms with E-state index in [-0.39, 0.29) is 0 Å². The third-order valence-corrected chi connectivity index (χ3v) is 3.31. The molecule has 0 fully saturated rings. The summed E-state index contributed by atoms with van der Waals surface area (Å²) in [5.41, 5.74) is 0.949. The van der Waals surface area contributed by atoms with Gasteiger partial charge in [0.05, 0.1) is 25.5 Å². The van der Waals surface area contributed by atoms with Crippen molar-refractivity contribution in [1.82, 2.24) is 15.4 Å². The van der Waals surface area contributed by atoms with Gasteiger partial charge in [-0.25, -0.2) is 0 Å². The van der Waals surface area contributed by atoms with Crippen LogP contribution in [-0.4, -0.2) is 56.6 Å². The van der Waals surface area contributed by atoms with Crippen molar-refractivity contribution >= 4 is 0 Å². The first-order chi connectivity index (χ1) is 10.2. The molecule has 1 rings (SSSR count). The Morgan fingerprint density at radius 3 is 2.86 bits per heavy atom. The molecule has 0 saturated carbocycles. The molecule has 1 N–H and O–H groups in total. The minimum absolute atomic E-state index is 0.303. The van der Waals surface area contributed by atoms with Crippen molar-refractivity contribution in [2.75, 3.05) is 40.5 Å². The first kappa shape index (κ1) is 18.1. The first-order valence-electron chi connectivity index (χ1n) is 7.58. The fourth-order valence-corrected chi connectivity index (χ4v) is 2.12. The van der Waals surface area contributed by atoms with Gasteiger partial charge < -0.3 is 19.3 Å². The van der Waals surface area contributed by atoms with Crippen molar-refractivity contribution in [3.63, 3.8) is 0 Å². The molecule has 0 bridgehead atoms. The van der Waals surface area contributed by atoms with Gasteiger partial charge in [-0.2, -0.15) is 0 Å². The van der Waals surface area contributed by atoms with Crippen molar-refractivity contribution in [1.29, 1.82) is 0 Å².